The highest BCUT2D eigenvalue weighted by atomic mass is 16.8. The molecule has 0 N–H and O–H groups in total. The average molecular weight is 442 g/mol. The van der Waals surface area contributed by atoms with Crippen molar-refractivity contribution in [1.29, 1.82) is 0 Å². The van der Waals surface area contributed by atoms with E-state index in [1.807, 2.05) is 12.1 Å². The van der Waals surface area contributed by atoms with Crippen LogP contribution in [0.2, 0.25) is 0 Å². The third-order valence-electron chi connectivity index (χ3n) is 5.24. The van der Waals surface area contributed by atoms with E-state index in [1.54, 1.807) is 62.4 Å². The van der Waals surface area contributed by atoms with Gasteiger partial charge in [-0.05, 0) is 38.1 Å². The van der Waals surface area contributed by atoms with Gasteiger partial charge in [-0.2, -0.15) is 0 Å². The van der Waals surface area contributed by atoms with Crippen LogP contribution in [0.25, 0.3) is 0 Å². The fourth-order valence-electron chi connectivity index (χ4n) is 3.71. The van der Waals surface area contributed by atoms with Gasteiger partial charge in [0, 0.05) is 0 Å². The topological polar surface area (TPSA) is 89.5 Å². The van der Waals surface area contributed by atoms with Gasteiger partial charge in [0.15, 0.2) is 5.79 Å². The normalized spacial score (nSPS) is 26.6. The van der Waals surface area contributed by atoms with Gasteiger partial charge in [-0.1, -0.05) is 36.4 Å². The third-order valence-corrected chi connectivity index (χ3v) is 5.24. The first-order valence-electron chi connectivity index (χ1n) is 10.5. The van der Waals surface area contributed by atoms with Gasteiger partial charge in [-0.3, -0.25) is 0 Å². The lowest BCUT2D eigenvalue weighted by Crippen LogP contribution is -2.45. The van der Waals surface area contributed by atoms with E-state index in [1.165, 1.54) is 0 Å². The average Bonchev–Trinajstić information content (AvgIpc) is 3.05. The summed E-state index contributed by atoms with van der Waals surface area (Å²) in [6.45, 7) is 3.41. The highest BCUT2D eigenvalue weighted by molar-refractivity contribution is 5.89. The second kappa shape index (κ2) is 9.79. The molecule has 32 heavy (non-hydrogen) atoms. The van der Waals surface area contributed by atoms with E-state index in [4.69, 9.17) is 28.4 Å². The van der Waals surface area contributed by atoms with Crippen LogP contribution in [0.15, 0.2) is 60.7 Å². The molecule has 2 aliphatic heterocycles. The Bertz CT molecular complexity index is 841. The van der Waals surface area contributed by atoms with Gasteiger partial charge in [-0.15, -0.1) is 0 Å². The molecule has 170 valence electrons. The van der Waals surface area contributed by atoms with Crippen LogP contribution in [0.3, 0.4) is 0 Å². The van der Waals surface area contributed by atoms with E-state index in [0.29, 0.717) is 11.1 Å². The molecule has 2 fully saturated rings. The van der Waals surface area contributed by atoms with E-state index in [-0.39, 0.29) is 20.0 Å². The fraction of sp³-hybridized carbons (Fsp3) is 0.417. The first kappa shape index (κ1) is 22.4. The van der Waals surface area contributed by atoms with Gasteiger partial charge in [0.05, 0.1) is 11.1 Å². The van der Waals surface area contributed by atoms with Crippen LogP contribution in [-0.2, 0) is 28.4 Å². The van der Waals surface area contributed by atoms with Crippen LogP contribution in [0, 0.1) is 0 Å². The van der Waals surface area contributed by atoms with Crippen LogP contribution in [0.4, 0.5) is 0 Å². The molecule has 0 radical (unpaired) electrons. The zero-order valence-corrected chi connectivity index (χ0v) is 18.0. The predicted molar refractivity (Wildman–Crippen MR) is 112 cm³/mol. The molecule has 2 aromatic carbocycles. The lowest BCUT2D eigenvalue weighted by Gasteiger charge is -2.24. The summed E-state index contributed by atoms with van der Waals surface area (Å²) in [6, 6.07) is 17.4. The first-order chi connectivity index (χ1) is 15.4. The molecule has 0 bridgehead atoms. The van der Waals surface area contributed by atoms with Crippen LogP contribution < -0.4 is 0 Å². The molecule has 2 aliphatic rings. The Balaban J connectivity index is 1.40. The summed E-state index contributed by atoms with van der Waals surface area (Å²) in [5.41, 5.74) is 0.895. The lowest BCUT2D eigenvalue weighted by atomic mass is 10.0. The van der Waals surface area contributed by atoms with Crippen molar-refractivity contribution in [2.75, 3.05) is 20.0 Å². The second-order valence-electron chi connectivity index (χ2n) is 8.02. The minimum absolute atomic E-state index is 0.0335. The number of hydrogen-bond donors (Lipinski definition) is 0. The smallest absolute Gasteiger partial charge is 0.338 e. The third kappa shape index (κ3) is 5.34. The van der Waals surface area contributed by atoms with Crippen molar-refractivity contribution in [1.82, 2.24) is 0 Å². The van der Waals surface area contributed by atoms with Gasteiger partial charge in [0.25, 0.3) is 0 Å². The molecular weight excluding hydrogens is 416 g/mol. The molecule has 8 heteroatoms. The Kier molecular flexibility index (Phi) is 6.86. The van der Waals surface area contributed by atoms with Crippen LogP contribution in [-0.4, -0.2) is 62.1 Å². The molecule has 0 amide bonds. The van der Waals surface area contributed by atoms with E-state index in [2.05, 4.69) is 0 Å². The number of benzene rings is 2. The van der Waals surface area contributed by atoms with Gasteiger partial charge >= 0.3 is 11.9 Å². The molecule has 8 nitrogen and oxygen atoms in total. The quantitative estimate of drug-likeness (QED) is 0.631. The molecule has 0 aliphatic carbocycles. The van der Waals surface area contributed by atoms with Crippen molar-refractivity contribution in [3.63, 3.8) is 0 Å². The number of hydrogen-bond acceptors (Lipinski definition) is 8. The Morgan fingerprint density at radius 1 is 0.781 bits per heavy atom. The van der Waals surface area contributed by atoms with E-state index in [9.17, 15) is 9.59 Å². The van der Waals surface area contributed by atoms with Gasteiger partial charge in [0.2, 0.25) is 0 Å². The molecule has 4 rings (SSSR count). The lowest BCUT2D eigenvalue weighted by molar-refractivity contribution is -0.201. The molecule has 0 spiro atoms. The summed E-state index contributed by atoms with van der Waals surface area (Å²) in [4.78, 5) is 24.7. The van der Waals surface area contributed by atoms with Gasteiger partial charge in [0.1, 0.15) is 44.4 Å². The SMILES string of the molecule is CC1(C)OC2C(COC(=O)c3ccccc3)OCOC(COC(=O)c3ccccc3)C2O1. The van der Waals surface area contributed by atoms with Crippen molar-refractivity contribution in [3.8, 4) is 0 Å². The molecule has 2 saturated heterocycles. The first-order valence-corrected chi connectivity index (χ1v) is 10.5. The zero-order valence-electron chi connectivity index (χ0n) is 18.0. The maximum absolute atomic E-state index is 12.3. The summed E-state index contributed by atoms with van der Waals surface area (Å²) in [7, 11) is 0. The van der Waals surface area contributed by atoms with Crippen molar-refractivity contribution < 1.29 is 38.0 Å². The summed E-state index contributed by atoms with van der Waals surface area (Å²) >= 11 is 0. The maximum atomic E-state index is 12.3. The zero-order chi connectivity index (χ0) is 22.6. The number of esters is 2. The predicted octanol–water partition coefficient (Wildman–Crippen LogP) is 2.96. The summed E-state index contributed by atoms with van der Waals surface area (Å²) < 4.78 is 34.5. The monoisotopic (exact) mass is 442 g/mol. The number of carbonyl (C=O) groups is 2. The Morgan fingerprint density at radius 2 is 1.19 bits per heavy atom. The molecule has 4 atom stereocenters. The van der Waals surface area contributed by atoms with Crippen molar-refractivity contribution >= 4 is 11.9 Å². The number of rotatable bonds is 6. The maximum Gasteiger partial charge on any atom is 0.338 e. The van der Waals surface area contributed by atoms with Crippen LogP contribution >= 0.6 is 0 Å². The standard InChI is InChI=1S/C24H26O8/c1-24(2)31-20-18(13-27-22(25)16-9-5-3-6-10-16)29-15-30-19(21(20)32-24)14-28-23(26)17-11-7-4-8-12-17/h3-12,18-21H,13-15H2,1-2H3. The number of fused-ring (bicyclic) bond motifs is 1. The van der Waals surface area contributed by atoms with Crippen molar-refractivity contribution in [3.05, 3.63) is 71.8 Å². The highest BCUT2D eigenvalue weighted by Crippen LogP contribution is 2.35. The molecule has 2 heterocycles. The largest absolute Gasteiger partial charge is 0.459 e. The Morgan fingerprint density at radius 3 is 1.59 bits per heavy atom. The molecular formula is C24H26O8. The van der Waals surface area contributed by atoms with Crippen molar-refractivity contribution in [2.24, 2.45) is 0 Å². The minimum atomic E-state index is -0.900. The van der Waals surface area contributed by atoms with E-state index in [0.717, 1.165) is 0 Å². The summed E-state index contributed by atoms with van der Waals surface area (Å²) in [5.74, 6) is -1.81. The van der Waals surface area contributed by atoms with Gasteiger partial charge < -0.3 is 28.4 Å². The Labute approximate surface area is 186 Å². The molecule has 4 unspecified atom stereocenters. The number of ether oxygens (including phenoxy) is 6. The van der Waals surface area contributed by atoms with Crippen LogP contribution in [0.5, 0.6) is 0 Å². The van der Waals surface area contributed by atoms with Crippen molar-refractivity contribution in [2.45, 2.75) is 44.1 Å². The van der Waals surface area contributed by atoms with Gasteiger partial charge in [-0.25, -0.2) is 9.59 Å². The molecule has 0 saturated carbocycles. The van der Waals surface area contributed by atoms with Crippen LogP contribution in [0.1, 0.15) is 34.6 Å². The van der Waals surface area contributed by atoms with E-state index < -0.39 is 42.1 Å². The minimum Gasteiger partial charge on any atom is -0.459 e. The highest BCUT2D eigenvalue weighted by Gasteiger charge is 2.51. The number of carbonyl (C=O) groups excluding carboxylic acids is 2. The fourth-order valence-corrected chi connectivity index (χ4v) is 3.71. The van der Waals surface area contributed by atoms with E-state index >= 15 is 0 Å². The molecule has 0 aromatic heterocycles. The Hall–Kier alpha value is -2.78. The molecule has 2 aromatic rings. The summed E-state index contributed by atoms with van der Waals surface area (Å²) in [5, 5.41) is 0. The summed E-state index contributed by atoms with van der Waals surface area (Å²) in [6.07, 6.45) is -2.36. The second-order valence-corrected chi connectivity index (χ2v) is 8.02.